The molecule has 0 spiro atoms. The predicted octanol–water partition coefficient (Wildman–Crippen LogP) is 9.78. The Bertz CT molecular complexity index is 1940. The molecule has 1 fully saturated rings. The summed E-state index contributed by atoms with van der Waals surface area (Å²) >= 11 is 12.8. The lowest BCUT2D eigenvalue weighted by atomic mass is 10.1. The third kappa shape index (κ3) is 11.0. The van der Waals surface area contributed by atoms with Crippen molar-refractivity contribution < 1.29 is 19.0 Å². The summed E-state index contributed by atoms with van der Waals surface area (Å²) in [6, 6.07) is 31.7. The fraction of sp³-hybridized carbons (Fsp3) is 0.238. The first-order valence-corrected chi connectivity index (χ1v) is 17.8. The number of halogens is 3. The second kappa shape index (κ2) is 18.8. The summed E-state index contributed by atoms with van der Waals surface area (Å²) in [7, 11) is 0. The number of hydrogen-bond donors (Lipinski definition) is 0. The molecule has 0 saturated carbocycles. The number of rotatable bonds is 13. The van der Waals surface area contributed by atoms with E-state index in [1.54, 1.807) is 36.5 Å². The Hall–Kier alpha value is -4.53. The molecule has 0 radical (unpaired) electrons. The molecule has 0 atom stereocenters. The number of ether oxygens (including phenoxy) is 3. The number of pyridine rings is 1. The number of carbonyl (C=O) groups is 1. The second-order valence-electron chi connectivity index (χ2n) is 12.6. The molecule has 0 bridgehead atoms. The van der Waals surface area contributed by atoms with Gasteiger partial charge in [0.05, 0.1) is 17.8 Å². The molecule has 2 heterocycles. The summed E-state index contributed by atoms with van der Waals surface area (Å²) < 4.78 is 17.7. The van der Waals surface area contributed by atoms with Gasteiger partial charge in [-0.15, -0.1) is 12.4 Å². The van der Waals surface area contributed by atoms with Gasteiger partial charge < -0.3 is 19.1 Å². The Morgan fingerprint density at radius 1 is 0.808 bits per heavy atom. The van der Waals surface area contributed by atoms with Gasteiger partial charge in [-0.05, 0) is 84.1 Å². The average Bonchev–Trinajstić information content (AvgIpc) is 3.13. The summed E-state index contributed by atoms with van der Waals surface area (Å²) in [6.45, 7) is 8.84. The SMILES string of the molecule is Cc1cccc(OCCc2ccc(CN3CCN(C(=O)/C=C/c4cc(C)c(Oc5ccc(OCc6ccccc6Cl)cn5)c(Cl)c4)CC3)cc2)c1.Cl. The molecule has 5 aromatic rings. The van der Waals surface area contributed by atoms with Crippen LogP contribution in [0.4, 0.5) is 0 Å². The Kier molecular flexibility index (Phi) is 14.0. The van der Waals surface area contributed by atoms with Crippen molar-refractivity contribution in [3.63, 3.8) is 0 Å². The van der Waals surface area contributed by atoms with Crippen molar-refractivity contribution in [2.24, 2.45) is 0 Å². The van der Waals surface area contributed by atoms with Crippen LogP contribution in [0.25, 0.3) is 6.08 Å². The topological polar surface area (TPSA) is 64.1 Å². The van der Waals surface area contributed by atoms with Gasteiger partial charge in [0.15, 0.2) is 5.75 Å². The molecular formula is C42H42Cl3N3O4. The molecule has 0 aliphatic carbocycles. The highest BCUT2D eigenvalue weighted by atomic mass is 35.5. The number of piperazine rings is 1. The summed E-state index contributed by atoms with van der Waals surface area (Å²) in [5.41, 5.74) is 6.26. The molecule has 1 saturated heterocycles. The first-order chi connectivity index (χ1) is 24.8. The summed E-state index contributed by atoms with van der Waals surface area (Å²) in [5, 5.41) is 1.09. The van der Waals surface area contributed by atoms with Gasteiger partial charge in [-0.3, -0.25) is 9.69 Å². The zero-order valence-corrected chi connectivity index (χ0v) is 31.6. The first kappa shape index (κ1) is 38.7. The first-order valence-electron chi connectivity index (χ1n) is 17.1. The molecule has 270 valence electrons. The molecule has 0 unspecified atom stereocenters. The van der Waals surface area contributed by atoms with Crippen molar-refractivity contribution in [3.8, 4) is 23.1 Å². The number of amides is 1. The van der Waals surface area contributed by atoms with Gasteiger partial charge in [-0.25, -0.2) is 4.98 Å². The second-order valence-corrected chi connectivity index (χ2v) is 13.4. The van der Waals surface area contributed by atoms with E-state index in [9.17, 15) is 4.79 Å². The van der Waals surface area contributed by atoms with Crippen molar-refractivity contribution in [3.05, 3.63) is 153 Å². The van der Waals surface area contributed by atoms with Crippen LogP contribution in [-0.4, -0.2) is 53.5 Å². The van der Waals surface area contributed by atoms with Crippen LogP contribution in [0.1, 0.15) is 33.4 Å². The van der Waals surface area contributed by atoms with E-state index in [0.29, 0.717) is 53.7 Å². The van der Waals surface area contributed by atoms with Crippen molar-refractivity contribution in [1.29, 1.82) is 0 Å². The van der Waals surface area contributed by atoms with Gasteiger partial charge in [-0.1, -0.05) is 77.8 Å². The fourth-order valence-electron chi connectivity index (χ4n) is 5.84. The third-order valence-corrected chi connectivity index (χ3v) is 9.35. The van der Waals surface area contributed by atoms with Crippen LogP contribution in [0.3, 0.4) is 0 Å². The van der Waals surface area contributed by atoms with Crippen molar-refractivity contribution >= 4 is 47.6 Å². The molecule has 0 N–H and O–H groups in total. The molecule has 1 amide bonds. The van der Waals surface area contributed by atoms with Gasteiger partial charge >= 0.3 is 0 Å². The Balaban J connectivity index is 0.00000523. The quantitative estimate of drug-likeness (QED) is 0.112. The lowest BCUT2D eigenvalue weighted by Gasteiger charge is -2.34. The normalized spacial score (nSPS) is 13.1. The van der Waals surface area contributed by atoms with Crippen molar-refractivity contribution in [2.45, 2.75) is 33.4 Å². The number of nitrogens with zero attached hydrogens (tertiary/aromatic N) is 3. The van der Waals surface area contributed by atoms with Crippen LogP contribution >= 0.6 is 35.6 Å². The molecule has 1 aromatic heterocycles. The highest BCUT2D eigenvalue weighted by Gasteiger charge is 2.20. The summed E-state index contributed by atoms with van der Waals surface area (Å²) in [6.07, 6.45) is 5.88. The zero-order valence-electron chi connectivity index (χ0n) is 29.3. The van der Waals surface area contributed by atoms with E-state index in [2.05, 4.69) is 53.2 Å². The zero-order chi connectivity index (χ0) is 35.6. The third-order valence-electron chi connectivity index (χ3n) is 8.70. The summed E-state index contributed by atoms with van der Waals surface area (Å²) in [4.78, 5) is 21.7. The van der Waals surface area contributed by atoms with Crippen LogP contribution in [-0.2, 0) is 24.4 Å². The highest BCUT2D eigenvalue weighted by molar-refractivity contribution is 6.32. The van der Waals surface area contributed by atoms with E-state index in [0.717, 1.165) is 48.5 Å². The van der Waals surface area contributed by atoms with Crippen LogP contribution in [0.15, 0.2) is 109 Å². The van der Waals surface area contributed by atoms with Gasteiger partial charge in [0.1, 0.15) is 18.1 Å². The monoisotopic (exact) mass is 757 g/mol. The Morgan fingerprint density at radius 2 is 1.58 bits per heavy atom. The minimum Gasteiger partial charge on any atom is -0.493 e. The lowest BCUT2D eigenvalue weighted by molar-refractivity contribution is -0.127. The van der Waals surface area contributed by atoms with Gasteiger partial charge in [-0.2, -0.15) is 0 Å². The van der Waals surface area contributed by atoms with Gasteiger partial charge in [0.2, 0.25) is 11.8 Å². The number of aryl methyl sites for hydroxylation is 2. The largest absolute Gasteiger partial charge is 0.493 e. The Labute approximate surface area is 322 Å². The minimum absolute atomic E-state index is 0. The molecule has 1 aliphatic rings. The van der Waals surface area contributed by atoms with Crippen LogP contribution < -0.4 is 14.2 Å². The molecule has 52 heavy (non-hydrogen) atoms. The van der Waals surface area contributed by atoms with E-state index < -0.39 is 0 Å². The maximum atomic E-state index is 13.0. The molecule has 6 rings (SSSR count). The number of aromatic nitrogens is 1. The van der Waals surface area contributed by atoms with E-state index in [1.165, 1.54) is 16.7 Å². The van der Waals surface area contributed by atoms with Gasteiger partial charge in [0.25, 0.3) is 0 Å². The fourth-order valence-corrected chi connectivity index (χ4v) is 6.34. The highest BCUT2D eigenvalue weighted by Crippen LogP contribution is 2.34. The maximum absolute atomic E-state index is 13.0. The van der Waals surface area contributed by atoms with Gasteiger partial charge in [0, 0.05) is 61.9 Å². The molecule has 1 aliphatic heterocycles. The standard InChI is InChI=1S/C42H41Cl2N3O4.ClH/c1-30-6-5-8-36(24-30)49-23-18-32-10-12-33(13-11-32)28-46-19-21-47(22-20-46)41(48)17-14-34-25-31(2)42(39(44)26-34)51-40-16-15-37(27-45-40)50-29-35-7-3-4-9-38(35)43;/h3-17,24-27H,18-23,28-29H2,1-2H3;1H/b17-14+;. The van der Waals surface area contributed by atoms with Crippen LogP contribution in [0.2, 0.25) is 10.0 Å². The van der Waals surface area contributed by atoms with Crippen molar-refractivity contribution in [2.75, 3.05) is 32.8 Å². The Morgan fingerprint density at radius 3 is 2.29 bits per heavy atom. The number of hydrogen-bond acceptors (Lipinski definition) is 6. The lowest BCUT2D eigenvalue weighted by Crippen LogP contribution is -2.47. The molecule has 4 aromatic carbocycles. The molecule has 7 nitrogen and oxygen atoms in total. The predicted molar refractivity (Wildman–Crippen MR) is 211 cm³/mol. The smallest absolute Gasteiger partial charge is 0.246 e. The van der Waals surface area contributed by atoms with Crippen LogP contribution in [0.5, 0.6) is 23.1 Å². The van der Waals surface area contributed by atoms with E-state index in [1.807, 2.05) is 54.3 Å². The van der Waals surface area contributed by atoms with E-state index >= 15 is 0 Å². The number of carbonyl (C=O) groups excluding carboxylic acids is 1. The van der Waals surface area contributed by atoms with Crippen LogP contribution in [0, 0.1) is 13.8 Å². The average molecular weight is 759 g/mol. The summed E-state index contributed by atoms with van der Waals surface area (Å²) in [5.74, 6) is 2.39. The molecular weight excluding hydrogens is 717 g/mol. The minimum atomic E-state index is -0.0120. The molecule has 10 heteroatoms. The van der Waals surface area contributed by atoms with Crippen molar-refractivity contribution in [1.82, 2.24) is 14.8 Å². The maximum Gasteiger partial charge on any atom is 0.246 e. The van der Waals surface area contributed by atoms with E-state index in [-0.39, 0.29) is 18.3 Å². The van der Waals surface area contributed by atoms with E-state index in [4.69, 9.17) is 37.4 Å². The number of benzene rings is 4.